The second kappa shape index (κ2) is 18.6. The first-order valence-corrected chi connectivity index (χ1v) is 11.3. The molecule has 0 rings (SSSR count). The number of ether oxygens (including phenoxy) is 1. The Kier molecular flexibility index (Phi) is 17.3. The molecule has 0 bridgehead atoms. The summed E-state index contributed by atoms with van der Waals surface area (Å²) >= 11 is 0. The first-order valence-electron chi connectivity index (χ1n) is 11.3. The molecule has 0 aromatic rings. The first kappa shape index (κ1) is 28.8. The minimum Gasteiger partial charge on any atom is -0.481 e. The van der Waals surface area contributed by atoms with E-state index in [2.05, 4.69) is 0 Å². The Labute approximate surface area is 183 Å². The van der Waals surface area contributed by atoms with Crippen molar-refractivity contribution in [3.05, 3.63) is 0 Å². The van der Waals surface area contributed by atoms with E-state index in [-0.39, 0.29) is 25.7 Å². The fraction of sp³-hybridized carbons (Fsp3) is 0.818. The number of rotatable bonds is 21. The van der Waals surface area contributed by atoms with Crippen molar-refractivity contribution in [1.29, 1.82) is 0 Å². The topological polar surface area (TPSA) is 158 Å². The Morgan fingerprint density at radius 2 is 1.03 bits per heavy atom. The maximum Gasteiger partial charge on any atom is 0.345 e. The quantitative estimate of drug-likeness (QED) is 0.152. The highest BCUT2D eigenvalue weighted by molar-refractivity contribution is 5.77. The van der Waals surface area contributed by atoms with E-state index in [1.54, 1.807) is 0 Å². The number of esters is 1. The van der Waals surface area contributed by atoms with Crippen LogP contribution < -0.4 is 0 Å². The van der Waals surface area contributed by atoms with Crippen LogP contribution in [0.15, 0.2) is 0 Å². The molecule has 0 radical (unpaired) electrons. The molecule has 0 heterocycles. The van der Waals surface area contributed by atoms with Crippen molar-refractivity contribution in [2.24, 2.45) is 0 Å². The highest BCUT2D eigenvalue weighted by Gasteiger charge is 2.21. The van der Waals surface area contributed by atoms with Crippen LogP contribution in [0.5, 0.6) is 0 Å². The predicted molar refractivity (Wildman–Crippen MR) is 113 cm³/mol. The van der Waals surface area contributed by atoms with Crippen molar-refractivity contribution in [1.82, 2.24) is 0 Å². The lowest BCUT2D eigenvalue weighted by atomic mass is 10.1. The Bertz CT molecular complexity index is 533. The molecule has 0 aliphatic heterocycles. The molecule has 0 saturated heterocycles. The zero-order chi connectivity index (χ0) is 23.5. The zero-order valence-corrected chi connectivity index (χ0v) is 18.3. The third kappa shape index (κ3) is 18.3. The molecule has 9 heteroatoms. The highest BCUT2D eigenvalue weighted by atomic mass is 16.6. The van der Waals surface area contributed by atoms with Crippen LogP contribution in [0.1, 0.15) is 103 Å². The van der Waals surface area contributed by atoms with Gasteiger partial charge in [-0.2, -0.15) is 0 Å². The van der Waals surface area contributed by atoms with E-state index in [1.165, 1.54) is 0 Å². The average molecular weight is 447 g/mol. The number of carbonyl (C=O) groups is 4. The Morgan fingerprint density at radius 3 is 1.52 bits per heavy atom. The molecule has 0 amide bonds. The lowest BCUT2D eigenvalue weighted by Crippen LogP contribution is -2.27. The molecule has 0 fully saturated rings. The van der Waals surface area contributed by atoms with E-state index in [9.17, 15) is 24.3 Å². The first-order chi connectivity index (χ1) is 14.7. The van der Waals surface area contributed by atoms with Crippen molar-refractivity contribution >= 4 is 23.9 Å². The van der Waals surface area contributed by atoms with Crippen LogP contribution in [0.25, 0.3) is 0 Å². The van der Waals surface area contributed by atoms with Gasteiger partial charge in [-0.1, -0.05) is 57.8 Å². The number of aliphatic hydroxyl groups excluding tert-OH is 1. The minimum absolute atomic E-state index is 0.145. The molecule has 0 aromatic carbocycles. The summed E-state index contributed by atoms with van der Waals surface area (Å²) in [5.74, 6) is -3.65. The average Bonchev–Trinajstić information content (AvgIpc) is 2.70. The van der Waals surface area contributed by atoms with Gasteiger partial charge in [0, 0.05) is 12.8 Å². The largest absolute Gasteiger partial charge is 0.481 e. The van der Waals surface area contributed by atoms with E-state index in [0.717, 1.165) is 51.4 Å². The van der Waals surface area contributed by atoms with Crippen molar-refractivity contribution in [2.75, 3.05) is 0 Å². The summed E-state index contributed by atoms with van der Waals surface area (Å²) in [5.41, 5.74) is 0. The molecule has 4 N–H and O–H groups in total. The number of hydrogen-bond donors (Lipinski definition) is 4. The third-order valence-electron chi connectivity index (χ3n) is 5.05. The van der Waals surface area contributed by atoms with Gasteiger partial charge in [-0.3, -0.25) is 9.59 Å². The van der Waals surface area contributed by atoms with Gasteiger partial charge in [-0.05, 0) is 32.1 Å². The molecule has 180 valence electrons. The molecule has 31 heavy (non-hydrogen) atoms. The van der Waals surface area contributed by atoms with E-state index < -0.39 is 36.1 Å². The van der Waals surface area contributed by atoms with Crippen LogP contribution >= 0.6 is 0 Å². The summed E-state index contributed by atoms with van der Waals surface area (Å²) in [5, 5.41) is 35.5. The number of unbranched alkanes of at least 4 members (excludes halogenated alkanes) is 10. The van der Waals surface area contributed by atoms with E-state index >= 15 is 0 Å². The normalized spacial score (nSPS) is 12.8. The van der Waals surface area contributed by atoms with Gasteiger partial charge in [0.1, 0.15) is 0 Å². The van der Waals surface area contributed by atoms with Crippen molar-refractivity contribution in [3.63, 3.8) is 0 Å². The fourth-order valence-corrected chi connectivity index (χ4v) is 3.20. The number of carboxylic acids is 3. The summed E-state index contributed by atoms with van der Waals surface area (Å²) in [6.07, 6.45) is 7.86. The lowest BCUT2D eigenvalue weighted by Gasteiger charge is -2.13. The number of hydrogen-bond acceptors (Lipinski definition) is 6. The van der Waals surface area contributed by atoms with Crippen molar-refractivity contribution < 1.29 is 44.3 Å². The van der Waals surface area contributed by atoms with Gasteiger partial charge in [0.05, 0.1) is 0 Å². The number of carboxylic acid groups (broad SMARTS) is 3. The van der Waals surface area contributed by atoms with E-state index in [4.69, 9.17) is 20.1 Å². The maximum atomic E-state index is 11.9. The van der Waals surface area contributed by atoms with Crippen molar-refractivity contribution in [2.45, 2.75) is 115 Å². The van der Waals surface area contributed by atoms with Gasteiger partial charge in [0.25, 0.3) is 0 Å². The second-order valence-corrected chi connectivity index (χ2v) is 7.88. The van der Waals surface area contributed by atoms with Crippen LogP contribution in [0.2, 0.25) is 0 Å². The highest BCUT2D eigenvalue weighted by Crippen LogP contribution is 2.14. The van der Waals surface area contributed by atoms with Gasteiger partial charge in [0.2, 0.25) is 0 Å². The van der Waals surface area contributed by atoms with E-state index in [0.29, 0.717) is 25.7 Å². The molecule has 0 aliphatic rings. The van der Waals surface area contributed by atoms with Gasteiger partial charge in [-0.15, -0.1) is 0 Å². The third-order valence-corrected chi connectivity index (χ3v) is 5.05. The molecular weight excluding hydrogens is 408 g/mol. The van der Waals surface area contributed by atoms with Crippen LogP contribution in [0.4, 0.5) is 0 Å². The molecule has 2 atom stereocenters. The van der Waals surface area contributed by atoms with Gasteiger partial charge in [0.15, 0.2) is 12.2 Å². The molecule has 0 spiro atoms. The Hall–Kier alpha value is -2.16. The van der Waals surface area contributed by atoms with Crippen LogP contribution in [-0.4, -0.2) is 56.5 Å². The second-order valence-electron chi connectivity index (χ2n) is 7.88. The molecule has 0 aliphatic carbocycles. The predicted octanol–water partition coefficient (Wildman–Crippen LogP) is 3.75. The molecule has 2 unspecified atom stereocenters. The molecular formula is C22H38O9. The number of aliphatic carboxylic acids is 3. The SMILES string of the molecule is O=C(O)CCCCCCCC(OC(=O)CCCCCCCCCC(O)C(=O)O)C(=O)O. The van der Waals surface area contributed by atoms with Crippen LogP contribution in [-0.2, 0) is 23.9 Å². The zero-order valence-electron chi connectivity index (χ0n) is 18.3. The number of aliphatic hydroxyl groups is 1. The minimum atomic E-state index is -1.29. The van der Waals surface area contributed by atoms with Gasteiger partial charge in [-0.25, -0.2) is 9.59 Å². The fourth-order valence-electron chi connectivity index (χ4n) is 3.20. The van der Waals surface area contributed by atoms with Crippen LogP contribution in [0, 0.1) is 0 Å². The van der Waals surface area contributed by atoms with E-state index in [1.807, 2.05) is 0 Å². The molecule has 0 saturated carbocycles. The maximum absolute atomic E-state index is 11.9. The van der Waals surface area contributed by atoms with Gasteiger partial charge < -0.3 is 25.2 Å². The molecule has 9 nitrogen and oxygen atoms in total. The monoisotopic (exact) mass is 446 g/mol. The number of carbonyl (C=O) groups excluding carboxylic acids is 1. The summed E-state index contributed by atoms with van der Waals surface area (Å²) < 4.78 is 5.08. The summed E-state index contributed by atoms with van der Waals surface area (Å²) in [4.78, 5) is 44.0. The molecule has 0 aromatic heterocycles. The summed E-state index contributed by atoms with van der Waals surface area (Å²) in [6, 6.07) is 0. The standard InChI is InChI=1S/C22H38O9/c23-17(21(27)28)13-9-5-2-1-3-8-12-16-20(26)31-18(22(29)30)14-10-6-4-7-11-15-19(24)25/h17-18,23H,1-16H2,(H,24,25)(H,27,28)(H,29,30). The smallest absolute Gasteiger partial charge is 0.345 e. The van der Waals surface area contributed by atoms with Crippen LogP contribution in [0.3, 0.4) is 0 Å². The summed E-state index contributed by atoms with van der Waals surface area (Å²) in [7, 11) is 0. The lowest BCUT2D eigenvalue weighted by molar-refractivity contribution is -0.164. The Balaban J connectivity index is 3.71. The van der Waals surface area contributed by atoms with Crippen molar-refractivity contribution in [3.8, 4) is 0 Å². The summed E-state index contributed by atoms with van der Waals surface area (Å²) in [6.45, 7) is 0. The Morgan fingerprint density at radius 1 is 0.581 bits per heavy atom. The van der Waals surface area contributed by atoms with Gasteiger partial charge >= 0.3 is 23.9 Å².